The molecule has 1 saturated heterocycles. The normalized spacial score (nSPS) is 20.0. The first-order chi connectivity index (χ1) is 12.8. The van der Waals surface area contributed by atoms with E-state index in [-0.39, 0.29) is 12.0 Å². The molecule has 2 aliphatic heterocycles. The van der Waals surface area contributed by atoms with Crippen LogP contribution in [0.1, 0.15) is 44.9 Å². The van der Waals surface area contributed by atoms with Crippen molar-refractivity contribution >= 4 is 22.9 Å². The molecule has 6 nitrogen and oxygen atoms in total. The second-order valence-electron chi connectivity index (χ2n) is 8.47. The Balaban J connectivity index is 1.50. The topological polar surface area (TPSA) is 65.6 Å². The molecule has 2 aromatic rings. The van der Waals surface area contributed by atoms with Crippen molar-refractivity contribution in [3.63, 3.8) is 0 Å². The lowest BCUT2D eigenvalue weighted by atomic mass is 10.0. The van der Waals surface area contributed by atoms with Gasteiger partial charge in [-0.1, -0.05) is 18.2 Å². The Hall–Kier alpha value is -2.50. The van der Waals surface area contributed by atoms with Crippen molar-refractivity contribution in [1.82, 2.24) is 14.8 Å². The Morgan fingerprint density at radius 1 is 1.19 bits per heavy atom. The van der Waals surface area contributed by atoms with Gasteiger partial charge in [0, 0.05) is 29.7 Å². The summed E-state index contributed by atoms with van der Waals surface area (Å²) in [5.74, 6) is 0.0302. The summed E-state index contributed by atoms with van der Waals surface area (Å²) in [5.41, 5.74) is 2.98. The number of likely N-dealkylation sites (tertiary alicyclic amines) is 1. The summed E-state index contributed by atoms with van der Waals surface area (Å²) in [5, 5.41) is 1.25. The number of aromatic amines is 1. The average molecular weight is 369 g/mol. The van der Waals surface area contributed by atoms with Gasteiger partial charge in [0.1, 0.15) is 11.6 Å². The molecule has 1 aromatic carbocycles. The maximum Gasteiger partial charge on any atom is 0.410 e. The third-order valence-electron chi connectivity index (χ3n) is 5.36. The van der Waals surface area contributed by atoms with Gasteiger partial charge in [-0.25, -0.2) is 4.79 Å². The van der Waals surface area contributed by atoms with Gasteiger partial charge in [-0.05, 0) is 51.7 Å². The third kappa shape index (κ3) is 3.40. The first-order valence-corrected chi connectivity index (χ1v) is 9.70. The summed E-state index contributed by atoms with van der Waals surface area (Å²) in [6.07, 6.45) is 1.99. The number of fused-ring (bicyclic) bond motifs is 3. The van der Waals surface area contributed by atoms with E-state index >= 15 is 0 Å². The lowest BCUT2D eigenvalue weighted by Crippen LogP contribution is -2.50. The summed E-state index contributed by atoms with van der Waals surface area (Å²) < 4.78 is 5.50. The Morgan fingerprint density at radius 2 is 1.96 bits per heavy atom. The summed E-state index contributed by atoms with van der Waals surface area (Å²) in [6, 6.07) is 7.85. The van der Waals surface area contributed by atoms with Gasteiger partial charge < -0.3 is 14.6 Å². The van der Waals surface area contributed by atoms with Crippen LogP contribution in [0.3, 0.4) is 0 Å². The zero-order valence-electron chi connectivity index (χ0n) is 16.2. The van der Waals surface area contributed by atoms with Gasteiger partial charge in [-0.3, -0.25) is 9.69 Å². The molecule has 4 rings (SSSR count). The maximum atomic E-state index is 13.2. The number of ether oxygens (including phenoxy) is 1. The number of rotatable bonds is 1. The van der Waals surface area contributed by atoms with Crippen LogP contribution in [0.4, 0.5) is 4.79 Å². The van der Waals surface area contributed by atoms with Crippen molar-refractivity contribution in [3.05, 3.63) is 35.5 Å². The molecule has 1 atom stereocenters. The van der Waals surface area contributed by atoms with Crippen molar-refractivity contribution < 1.29 is 14.3 Å². The maximum absolute atomic E-state index is 13.2. The largest absolute Gasteiger partial charge is 0.444 e. The van der Waals surface area contributed by atoms with Crippen LogP contribution in [0.15, 0.2) is 24.3 Å². The zero-order chi connectivity index (χ0) is 19.2. The second-order valence-corrected chi connectivity index (χ2v) is 8.47. The molecular weight excluding hydrogens is 342 g/mol. The van der Waals surface area contributed by atoms with Gasteiger partial charge >= 0.3 is 6.09 Å². The number of para-hydroxylation sites is 1. The lowest BCUT2D eigenvalue weighted by Gasteiger charge is -2.33. The molecule has 2 aliphatic rings. The Kier molecular flexibility index (Phi) is 4.36. The minimum atomic E-state index is -0.558. The molecule has 6 heteroatoms. The van der Waals surface area contributed by atoms with Crippen molar-refractivity contribution in [3.8, 4) is 0 Å². The van der Waals surface area contributed by atoms with Gasteiger partial charge in [0.05, 0.1) is 6.54 Å². The van der Waals surface area contributed by atoms with Gasteiger partial charge in [0.25, 0.3) is 0 Å². The smallest absolute Gasteiger partial charge is 0.410 e. The molecule has 144 valence electrons. The molecule has 3 heterocycles. The van der Waals surface area contributed by atoms with Crippen molar-refractivity contribution in [2.45, 2.75) is 58.2 Å². The van der Waals surface area contributed by atoms with Gasteiger partial charge in [0.15, 0.2) is 0 Å². The molecule has 0 unspecified atom stereocenters. The molecular formula is C21H27N3O3. The highest BCUT2D eigenvalue weighted by molar-refractivity contribution is 5.88. The van der Waals surface area contributed by atoms with E-state index in [1.807, 2.05) is 37.8 Å². The Morgan fingerprint density at radius 3 is 2.74 bits per heavy atom. The predicted molar refractivity (Wildman–Crippen MR) is 103 cm³/mol. The molecule has 1 N–H and O–H groups in total. The van der Waals surface area contributed by atoms with E-state index in [1.165, 1.54) is 10.9 Å². The standard InChI is InChI=1S/C21H27N3O3/c1-21(2,3)27-20(26)24-11-6-9-18(24)19(25)23-12-10-15-14-7-4-5-8-16(14)22-17(15)13-23/h4-5,7-8,18,22H,6,9-13H2,1-3H3/t18-/m1/s1. The molecule has 0 saturated carbocycles. The average Bonchev–Trinajstić information content (AvgIpc) is 3.23. The number of amides is 2. The van der Waals surface area contributed by atoms with Crippen LogP contribution in [0.2, 0.25) is 0 Å². The minimum Gasteiger partial charge on any atom is -0.444 e. The van der Waals surface area contributed by atoms with E-state index in [9.17, 15) is 9.59 Å². The number of H-pyrrole nitrogens is 1. The van der Waals surface area contributed by atoms with Crippen molar-refractivity contribution in [2.75, 3.05) is 13.1 Å². The van der Waals surface area contributed by atoms with Crippen molar-refractivity contribution in [1.29, 1.82) is 0 Å². The molecule has 0 bridgehead atoms. The van der Waals surface area contributed by atoms with E-state index in [0.29, 0.717) is 26.1 Å². The zero-order valence-corrected chi connectivity index (χ0v) is 16.2. The minimum absolute atomic E-state index is 0.0302. The molecule has 0 spiro atoms. The molecule has 1 fully saturated rings. The highest BCUT2D eigenvalue weighted by atomic mass is 16.6. The van der Waals surface area contributed by atoms with E-state index in [4.69, 9.17) is 4.74 Å². The van der Waals surface area contributed by atoms with Crippen molar-refractivity contribution in [2.24, 2.45) is 0 Å². The van der Waals surface area contributed by atoms with Crippen LogP contribution in [-0.2, 0) is 22.5 Å². The number of carbonyl (C=O) groups excluding carboxylic acids is 2. The summed E-state index contributed by atoms with van der Waals surface area (Å²) >= 11 is 0. The monoisotopic (exact) mass is 369 g/mol. The Bertz CT molecular complexity index is 880. The summed E-state index contributed by atoms with van der Waals surface area (Å²) in [4.78, 5) is 32.6. The van der Waals surface area contributed by atoms with Crippen LogP contribution in [0.25, 0.3) is 10.9 Å². The van der Waals surface area contributed by atoms with Crippen LogP contribution in [0, 0.1) is 0 Å². The number of carbonyl (C=O) groups is 2. The second kappa shape index (κ2) is 6.59. The quantitative estimate of drug-likeness (QED) is 0.837. The highest BCUT2D eigenvalue weighted by Crippen LogP contribution is 2.29. The van der Waals surface area contributed by atoms with Crippen LogP contribution < -0.4 is 0 Å². The van der Waals surface area contributed by atoms with Gasteiger partial charge in [-0.15, -0.1) is 0 Å². The summed E-state index contributed by atoms with van der Waals surface area (Å²) in [6.45, 7) is 7.38. The van der Waals surface area contributed by atoms with E-state index in [0.717, 1.165) is 24.1 Å². The number of nitrogens with zero attached hydrogens (tertiary/aromatic N) is 2. The molecule has 0 radical (unpaired) electrons. The highest BCUT2D eigenvalue weighted by Gasteiger charge is 2.39. The fraction of sp³-hybridized carbons (Fsp3) is 0.524. The van der Waals surface area contributed by atoms with Gasteiger partial charge in [-0.2, -0.15) is 0 Å². The van der Waals surface area contributed by atoms with Crippen LogP contribution >= 0.6 is 0 Å². The van der Waals surface area contributed by atoms with E-state index in [2.05, 4.69) is 17.1 Å². The fourth-order valence-corrected chi connectivity index (χ4v) is 4.15. The number of aromatic nitrogens is 1. The molecule has 0 aliphatic carbocycles. The number of benzene rings is 1. The number of hydrogen-bond donors (Lipinski definition) is 1. The first kappa shape index (κ1) is 17.9. The first-order valence-electron chi connectivity index (χ1n) is 9.70. The van der Waals surface area contributed by atoms with E-state index < -0.39 is 11.6 Å². The van der Waals surface area contributed by atoms with Gasteiger partial charge in [0.2, 0.25) is 5.91 Å². The SMILES string of the molecule is CC(C)(C)OC(=O)N1CCC[C@@H]1C(=O)N1CCc2c([nH]c3ccccc23)C1. The molecule has 1 aromatic heterocycles. The predicted octanol–water partition coefficient (Wildman–Crippen LogP) is 3.45. The van der Waals surface area contributed by atoms with Crippen LogP contribution in [-0.4, -0.2) is 51.5 Å². The molecule has 2 amide bonds. The molecule has 27 heavy (non-hydrogen) atoms. The number of nitrogens with one attached hydrogen (secondary N) is 1. The third-order valence-corrected chi connectivity index (χ3v) is 5.36. The fourth-order valence-electron chi connectivity index (χ4n) is 4.15. The lowest BCUT2D eigenvalue weighted by molar-refractivity contribution is -0.136. The Labute approximate surface area is 159 Å². The van der Waals surface area contributed by atoms with Crippen LogP contribution in [0.5, 0.6) is 0 Å². The van der Waals surface area contributed by atoms with E-state index in [1.54, 1.807) is 4.90 Å². The summed E-state index contributed by atoms with van der Waals surface area (Å²) in [7, 11) is 0. The number of hydrogen-bond acceptors (Lipinski definition) is 3.